The van der Waals surface area contributed by atoms with E-state index in [4.69, 9.17) is 0 Å². The van der Waals surface area contributed by atoms with Gasteiger partial charge in [-0.25, -0.2) is 0 Å². The van der Waals surface area contributed by atoms with Crippen LogP contribution in [-0.4, -0.2) is 65.4 Å². The summed E-state index contributed by atoms with van der Waals surface area (Å²) in [4.78, 5) is 45.6. The van der Waals surface area contributed by atoms with Crippen LogP contribution in [0.4, 0.5) is 5.69 Å². The molecule has 5 rings (SSSR count). The van der Waals surface area contributed by atoms with Gasteiger partial charge in [0.05, 0.1) is 6.67 Å². The molecule has 1 spiro atoms. The third-order valence-corrected chi connectivity index (χ3v) is 8.49. The van der Waals surface area contributed by atoms with Crippen LogP contribution in [-0.2, 0) is 14.4 Å². The first kappa shape index (κ1) is 23.2. The molecular weight excluding hydrogens is 428 g/mol. The maximum atomic E-state index is 13.8. The monoisotopic (exact) mass is 466 g/mol. The van der Waals surface area contributed by atoms with Crippen molar-refractivity contribution in [2.75, 3.05) is 31.2 Å². The van der Waals surface area contributed by atoms with Crippen LogP contribution in [0.2, 0.25) is 0 Å². The van der Waals surface area contributed by atoms with E-state index in [9.17, 15) is 14.4 Å². The highest BCUT2D eigenvalue weighted by atomic mass is 16.2. The summed E-state index contributed by atoms with van der Waals surface area (Å²) in [6, 6.07) is 10.3. The Kier molecular flexibility index (Phi) is 6.79. The molecule has 0 atom stereocenters. The number of benzene rings is 1. The second-order valence-electron chi connectivity index (χ2n) is 10.6. The van der Waals surface area contributed by atoms with Crippen LogP contribution in [0.25, 0.3) is 0 Å². The quantitative estimate of drug-likeness (QED) is 0.723. The van der Waals surface area contributed by atoms with Gasteiger partial charge in [-0.15, -0.1) is 0 Å². The normalized spacial score (nSPS) is 23.6. The van der Waals surface area contributed by atoms with Gasteiger partial charge in [0.15, 0.2) is 0 Å². The molecule has 2 heterocycles. The van der Waals surface area contributed by atoms with Crippen molar-refractivity contribution in [3.8, 4) is 0 Å². The third kappa shape index (κ3) is 4.53. The lowest BCUT2D eigenvalue weighted by Crippen LogP contribution is -2.58. The molecule has 7 nitrogen and oxygen atoms in total. The Morgan fingerprint density at radius 3 is 2.24 bits per heavy atom. The molecule has 2 aliphatic heterocycles. The number of nitrogens with one attached hydrogen (secondary N) is 1. The molecule has 184 valence electrons. The van der Waals surface area contributed by atoms with E-state index in [2.05, 4.69) is 10.2 Å². The first-order valence-electron chi connectivity index (χ1n) is 13.3. The molecular formula is C27H38N4O3. The Hall–Kier alpha value is -2.57. The summed E-state index contributed by atoms with van der Waals surface area (Å²) in [6.45, 7) is 1.72. The minimum Gasteiger partial charge on any atom is -0.352 e. The second-order valence-corrected chi connectivity index (χ2v) is 10.6. The number of likely N-dealkylation sites (tertiary alicyclic amines) is 1. The van der Waals surface area contributed by atoms with E-state index in [1.165, 1.54) is 6.42 Å². The van der Waals surface area contributed by atoms with Gasteiger partial charge in [-0.1, -0.05) is 50.3 Å². The SMILES string of the molecule is O=C(CN1CN(c2ccccc2)C2(CCN(C(=O)C3CCCC3)CC2)C1=O)NC1CCCCC1. The molecule has 2 saturated carbocycles. The zero-order valence-electron chi connectivity index (χ0n) is 20.2. The minimum absolute atomic E-state index is 0.0307. The van der Waals surface area contributed by atoms with Crippen molar-refractivity contribution in [1.82, 2.24) is 15.1 Å². The highest BCUT2D eigenvalue weighted by Gasteiger charge is 2.54. The molecule has 0 bridgehead atoms. The van der Waals surface area contributed by atoms with Gasteiger partial charge in [-0.3, -0.25) is 14.4 Å². The van der Waals surface area contributed by atoms with Crippen molar-refractivity contribution in [2.45, 2.75) is 82.2 Å². The standard InChI is InChI=1S/C27H38N4O3/c32-24(28-22-11-3-1-4-12-22)19-30-20-31(23-13-5-2-6-14-23)27(26(30)34)15-17-29(18-16-27)25(33)21-9-7-8-10-21/h2,5-6,13-14,21-22H,1,3-4,7-12,15-20H2,(H,28,32). The van der Waals surface area contributed by atoms with Crippen molar-refractivity contribution in [3.63, 3.8) is 0 Å². The highest BCUT2D eigenvalue weighted by Crippen LogP contribution is 2.40. The lowest BCUT2D eigenvalue weighted by molar-refractivity contribution is -0.141. The smallest absolute Gasteiger partial charge is 0.250 e. The molecule has 0 aromatic heterocycles. The first-order chi connectivity index (χ1) is 16.6. The summed E-state index contributed by atoms with van der Waals surface area (Å²) in [5.74, 6) is 0.411. The fourth-order valence-electron chi connectivity index (χ4n) is 6.54. The van der Waals surface area contributed by atoms with Crippen LogP contribution >= 0.6 is 0 Å². The molecule has 34 heavy (non-hydrogen) atoms. The van der Waals surface area contributed by atoms with E-state index >= 15 is 0 Å². The zero-order valence-corrected chi connectivity index (χ0v) is 20.2. The van der Waals surface area contributed by atoms with Gasteiger partial charge in [0.1, 0.15) is 12.1 Å². The summed E-state index contributed by atoms with van der Waals surface area (Å²) >= 11 is 0. The van der Waals surface area contributed by atoms with E-state index in [0.29, 0.717) is 32.6 Å². The van der Waals surface area contributed by atoms with Crippen molar-refractivity contribution in [3.05, 3.63) is 30.3 Å². The van der Waals surface area contributed by atoms with Gasteiger partial charge in [0, 0.05) is 30.7 Å². The molecule has 1 N–H and O–H groups in total. The lowest BCUT2D eigenvalue weighted by atomic mass is 9.85. The fourth-order valence-corrected chi connectivity index (χ4v) is 6.54. The van der Waals surface area contributed by atoms with Gasteiger partial charge in [-0.05, 0) is 50.7 Å². The van der Waals surface area contributed by atoms with Crippen LogP contribution in [0.3, 0.4) is 0 Å². The maximum Gasteiger partial charge on any atom is 0.250 e. The number of anilines is 1. The highest BCUT2D eigenvalue weighted by molar-refractivity contribution is 5.96. The number of piperidine rings is 1. The Bertz CT molecular complexity index is 884. The predicted octanol–water partition coefficient (Wildman–Crippen LogP) is 3.29. The molecule has 0 radical (unpaired) electrons. The molecule has 3 amide bonds. The van der Waals surface area contributed by atoms with Crippen molar-refractivity contribution < 1.29 is 14.4 Å². The Morgan fingerprint density at radius 2 is 1.56 bits per heavy atom. The molecule has 1 aromatic carbocycles. The molecule has 7 heteroatoms. The first-order valence-corrected chi connectivity index (χ1v) is 13.3. The van der Waals surface area contributed by atoms with Gasteiger partial charge in [0.2, 0.25) is 11.8 Å². The molecule has 4 aliphatic rings. The summed E-state index contributed by atoms with van der Waals surface area (Å²) < 4.78 is 0. The van der Waals surface area contributed by atoms with Crippen LogP contribution in [0.15, 0.2) is 30.3 Å². The fraction of sp³-hybridized carbons (Fsp3) is 0.667. The Morgan fingerprint density at radius 1 is 0.912 bits per heavy atom. The molecule has 2 aliphatic carbocycles. The number of para-hydroxylation sites is 1. The van der Waals surface area contributed by atoms with E-state index in [1.54, 1.807) is 4.90 Å². The third-order valence-electron chi connectivity index (χ3n) is 8.49. The Balaban J connectivity index is 1.29. The van der Waals surface area contributed by atoms with Crippen molar-refractivity contribution in [2.24, 2.45) is 5.92 Å². The van der Waals surface area contributed by atoms with Gasteiger partial charge in [-0.2, -0.15) is 0 Å². The number of hydrogen-bond acceptors (Lipinski definition) is 4. The predicted molar refractivity (Wildman–Crippen MR) is 131 cm³/mol. The maximum absolute atomic E-state index is 13.8. The van der Waals surface area contributed by atoms with Crippen LogP contribution in [0, 0.1) is 5.92 Å². The van der Waals surface area contributed by atoms with E-state index in [-0.39, 0.29) is 36.2 Å². The number of hydrogen-bond donors (Lipinski definition) is 1. The number of rotatable bonds is 5. The summed E-state index contributed by atoms with van der Waals surface area (Å²) in [5.41, 5.74) is 0.320. The number of amides is 3. The van der Waals surface area contributed by atoms with Gasteiger partial charge >= 0.3 is 0 Å². The molecule has 4 fully saturated rings. The number of carbonyl (C=O) groups is 3. The van der Waals surface area contributed by atoms with Crippen molar-refractivity contribution >= 4 is 23.4 Å². The minimum atomic E-state index is -0.682. The van der Waals surface area contributed by atoms with Crippen LogP contribution in [0.1, 0.15) is 70.6 Å². The topological polar surface area (TPSA) is 73.0 Å². The van der Waals surface area contributed by atoms with E-state index in [0.717, 1.165) is 57.1 Å². The zero-order chi connectivity index (χ0) is 23.5. The largest absolute Gasteiger partial charge is 0.352 e. The number of nitrogens with zero attached hydrogens (tertiary/aromatic N) is 3. The summed E-state index contributed by atoms with van der Waals surface area (Å²) in [7, 11) is 0. The summed E-state index contributed by atoms with van der Waals surface area (Å²) in [6.07, 6.45) is 11.1. The van der Waals surface area contributed by atoms with E-state index in [1.807, 2.05) is 35.2 Å². The average molecular weight is 467 g/mol. The van der Waals surface area contributed by atoms with Crippen LogP contribution < -0.4 is 10.2 Å². The van der Waals surface area contributed by atoms with E-state index < -0.39 is 5.54 Å². The molecule has 0 unspecified atom stereocenters. The molecule has 1 aromatic rings. The average Bonchev–Trinajstić information content (AvgIpc) is 3.49. The second kappa shape index (κ2) is 9.96. The summed E-state index contributed by atoms with van der Waals surface area (Å²) in [5, 5.41) is 3.16. The van der Waals surface area contributed by atoms with Gasteiger partial charge < -0.3 is 20.0 Å². The van der Waals surface area contributed by atoms with Gasteiger partial charge in [0.25, 0.3) is 5.91 Å². The van der Waals surface area contributed by atoms with Crippen molar-refractivity contribution in [1.29, 1.82) is 0 Å². The van der Waals surface area contributed by atoms with Crippen LogP contribution in [0.5, 0.6) is 0 Å². The number of carbonyl (C=O) groups excluding carboxylic acids is 3. The Labute approximate surface area is 202 Å². The lowest BCUT2D eigenvalue weighted by Gasteiger charge is -2.43. The molecule has 2 saturated heterocycles.